The summed E-state index contributed by atoms with van der Waals surface area (Å²) in [5.74, 6) is 0.690. The average molecular weight is 227 g/mol. The minimum Gasteiger partial charge on any atom is -0.383 e. The van der Waals surface area contributed by atoms with Crippen LogP contribution in [0.4, 0.5) is 0 Å². The van der Waals surface area contributed by atoms with Crippen LogP contribution in [0.1, 0.15) is 33.6 Å². The second-order valence-corrected chi connectivity index (χ2v) is 5.37. The molecule has 0 aromatic carbocycles. The molecule has 0 spiro atoms. The molecule has 1 aliphatic rings. The summed E-state index contributed by atoms with van der Waals surface area (Å²) in [4.78, 5) is 14.4. The molecule has 1 aliphatic carbocycles. The predicted octanol–water partition coefficient (Wildman–Crippen LogP) is 1.96. The molecule has 0 radical (unpaired) electrons. The Morgan fingerprint density at radius 2 is 2.19 bits per heavy atom. The highest BCUT2D eigenvalue weighted by Crippen LogP contribution is 2.37. The van der Waals surface area contributed by atoms with Crippen molar-refractivity contribution in [2.24, 2.45) is 11.3 Å². The van der Waals surface area contributed by atoms with Gasteiger partial charge in [0.05, 0.1) is 6.61 Å². The molecule has 1 saturated carbocycles. The van der Waals surface area contributed by atoms with Gasteiger partial charge < -0.3 is 9.64 Å². The Labute approximate surface area is 99.1 Å². The van der Waals surface area contributed by atoms with Crippen LogP contribution in [0.25, 0.3) is 0 Å². The summed E-state index contributed by atoms with van der Waals surface area (Å²) in [7, 11) is 1.72. The summed E-state index contributed by atoms with van der Waals surface area (Å²) < 4.78 is 5.08. The van der Waals surface area contributed by atoms with Crippen molar-refractivity contribution in [3.8, 4) is 0 Å². The largest absolute Gasteiger partial charge is 0.383 e. The van der Waals surface area contributed by atoms with Gasteiger partial charge in [0.1, 0.15) is 5.78 Å². The number of ether oxygens (including phenoxy) is 1. The molecule has 0 N–H and O–H groups in total. The van der Waals surface area contributed by atoms with Crippen LogP contribution in [0, 0.1) is 11.3 Å². The molecule has 3 heteroatoms. The molecule has 16 heavy (non-hydrogen) atoms. The van der Waals surface area contributed by atoms with Gasteiger partial charge in [0.2, 0.25) is 0 Å². The topological polar surface area (TPSA) is 29.5 Å². The van der Waals surface area contributed by atoms with Crippen LogP contribution < -0.4 is 0 Å². The molecule has 0 aromatic heterocycles. The van der Waals surface area contributed by atoms with Crippen molar-refractivity contribution in [3.05, 3.63) is 0 Å². The van der Waals surface area contributed by atoms with Crippen molar-refractivity contribution >= 4 is 5.78 Å². The van der Waals surface area contributed by atoms with Crippen molar-refractivity contribution < 1.29 is 9.53 Å². The molecule has 3 nitrogen and oxygen atoms in total. The van der Waals surface area contributed by atoms with E-state index in [1.54, 1.807) is 7.11 Å². The molecule has 1 fully saturated rings. The molecule has 1 atom stereocenters. The second kappa shape index (κ2) is 5.78. The van der Waals surface area contributed by atoms with E-state index in [0.29, 0.717) is 5.78 Å². The van der Waals surface area contributed by atoms with Crippen LogP contribution in [0.5, 0.6) is 0 Å². The highest BCUT2D eigenvalue weighted by molar-refractivity contribution is 5.88. The second-order valence-electron chi connectivity index (χ2n) is 5.37. The Balaban J connectivity index is 2.44. The molecule has 0 amide bonds. The standard InChI is InChI=1S/C13H25NO2/c1-5-14(8-9-16-4)10-11-6-7-13(2,3)12(11)15/h11H,5-10H2,1-4H3. The molecule has 0 aliphatic heterocycles. The maximum Gasteiger partial charge on any atom is 0.142 e. The van der Waals surface area contributed by atoms with E-state index in [0.717, 1.165) is 39.1 Å². The third-order valence-electron chi connectivity index (χ3n) is 3.69. The molecule has 0 heterocycles. The number of methoxy groups -OCH3 is 1. The third-order valence-corrected chi connectivity index (χ3v) is 3.69. The maximum atomic E-state index is 12.1. The summed E-state index contributed by atoms with van der Waals surface area (Å²) in [6.07, 6.45) is 2.09. The minimum atomic E-state index is -0.0919. The van der Waals surface area contributed by atoms with Gasteiger partial charge in [0, 0.05) is 31.5 Å². The summed E-state index contributed by atoms with van der Waals surface area (Å²) in [5.41, 5.74) is -0.0919. The molecule has 0 aromatic rings. The first-order valence-corrected chi connectivity index (χ1v) is 6.27. The molecule has 0 saturated heterocycles. The number of Topliss-reactive ketones (excluding diaryl/α,β-unsaturated/α-hetero) is 1. The molecule has 1 unspecified atom stereocenters. The molecule has 0 bridgehead atoms. The average Bonchev–Trinajstić information content (AvgIpc) is 2.50. The van der Waals surface area contributed by atoms with Crippen LogP contribution in [0.3, 0.4) is 0 Å². The van der Waals surface area contributed by atoms with Crippen LogP contribution in [-0.4, -0.2) is 44.0 Å². The van der Waals surface area contributed by atoms with Gasteiger partial charge in [-0.05, 0) is 19.4 Å². The van der Waals surface area contributed by atoms with E-state index in [1.165, 1.54) is 0 Å². The van der Waals surface area contributed by atoms with E-state index >= 15 is 0 Å². The quantitative estimate of drug-likeness (QED) is 0.694. The lowest BCUT2D eigenvalue weighted by Gasteiger charge is -2.24. The summed E-state index contributed by atoms with van der Waals surface area (Å²) in [5, 5.41) is 0. The Bertz CT molecular complexity index is 238. The van der Waals surface area contributed by atoms with Crippen LogP contribution in [-0.2, 0) is 9.53 Å². The fourth-order valence-electron chi connectivity index (χ4n) is 2.43. The number of ketones is 1. The predicted molar refractivity (Wildman–Crippen MR) is 65.5 cm³/mol. The lowest BCUT2D eigenvalue weighted by molar-refractivity contribution is -0.128. The first kappa shape index (κ1) is 13.7. The smallest absolute Gasteiger partial charge is 0.142 e. The van der Waals surface area contributed by atoms with E-state index in [-0.39, 0.29) is 11.3 Å². The number of hydrogen-bond donors (Lipinski definition) is 0. The van der Waals surface area contributed by atoms with Gasteiger partial charge in [-0.15, -0.1) is 0 Å². The Hall–Kier alpha value is -0.410. The minimum absolute atomic E-state index is 0.0919. The lowest BCUT2D eigenvalue weighted by atomic mass is 9.89. The van der Waals surface area contributed by atoms with E-state index in [1.807, 2.05) is 0 Å². The number of rotatable bonds is 6. The third kappa shape index (κ3) is 3.29. The molecule has 1 rings (SSSR count). The number of carbonyl (C=O) groups excluding carboxylic acids is 1. The van der Waals surface area contributed by atoms with Crippen molar-refractivity contribution in [2.75, 3.05) is 33.4 Å². The fourth-order valence-corrected chi connectivity index (χ4v) is 2.43. The summed E-state index contributed by atoms with van der Waals surface area (Å²) >= 11 is 0. The summed E-state index contributed by atoms with van der Waals surface area (Å²) in [6, 6.07) is 0. The monoisotopic (exact) mass is 227 g/mol. The van der Waals surface area contributed by atoms with Gasteiger partial charge in [-0.1, -0.05) is 20.8 Å². The van der Waals surface area contributed by atoms with E-state index in [2.05, 4.69) is 25.7 Å². The first-order chi connectivity index (χ1) is 7.51. The van der Waals surface area contributed by atoms with Gasteiger partial charge in [0.25, 0.3) is 0 Å². The molecule has 94 valence electrons. The van der Waals surface area contributed by atoms with Crippen molar-refractivity contribution in [2.45, 2.75) is 33.6 Å². The number of likely N-dealkylation sites (N-methyl/N-ethyl adjacent to an activating group) is 1. The van der Waals surface area contributed by atoms with Crippen molar-refractivity contribution in [1.29, 1.82) is 0 Å². The maximum absolute atomic E-state index is 12.1. The fraction of sp³-hybridized carbons (Fsp3) is 0.923. The van der Waals surface area contributed by atoms with Crippen LogP contribution in [0.15, 0.2) is 0 Å². The highest BCUT2D eigenvalue weighted by Gasteiger charge is 2.40. The van der Waals surface area contributed by atoms with Gasteiger partial charge in [0.15, 0.2) is 0 Å². The van der Waals surface area contributed by atoms with E-state index < -0.39 is 0 Å². The Kier molecular flexibility index (Phi) is 4.93. The normalized spacial score (nSPS) is 24.3. The van der Waals surface area contributed by atoms with Gasteiger partial charge in [-0.25, -0.2) is 0 Å². The van der Waals surface area contributed by atoms with Crippen molar-refractivity contribution in [3.63, 3.8) is 0 Å². The summed E-state index contributed by atoms with van der Waals surface area (Å²) in [6.45, 7) is 9.85. The zero-order valence-electron chi connectivity index (χ0n) is 11.1. The number of hydrogen-bond acceptors (Lipinski definition) is 3. The van der Waals surface area contributed by atoms with E-state index in [9.17, 15) is 4.79 Å². The Morgan fingerprint density at radius 1 is 1.50 bits per heavy atom. The zero-order valence-corrected chi connectivity index (χ0v) is 11.1. The SMILES string of the molecule is CCN(CCOC)CC1CCC(C)(C)C1=O. The van der Waals surface area contributed by atoms with Crippen molar-refractivity contribution in [1.82, 2.24) is 4.90 Å². The number of carbonyl (C=O) groups is 1. The zero-order chi connectivity index (χ0) is 12.2. The van der Waals surface area contributed by atoms with Gasteiger partial charge >= 0.3 is 0 Å². The van der Waals surface area contributed by atoms with Gasteiger partial charge in [-0.2, -0.15) is 0 Å². The Morgan fingerprint density at radius 3 is 2.62 bits per heavy atom. The van der Waals surface area contributed by atoms with Gasteiger partial charge in [-0.3, -0.25) is 4.79 Å². The van der Waals surface area contributed by atoms with Crippen LogP contribution in [0.2, 0.25) is 0 Å². The lowest BCUT2D eigenvalue weighted by Crippen LogP contribution is -2.35. The van der Waals surface area contributed by atoms with E-state index in [4.69, 9.17) is 4.74 Å². The highest BCUT2D eigenvalue weighted by atomic mass is 16.5. The van der Waals surface area contributed by atoms with Crippen LogP contribution >= 0.6 is 0 Å². The first-order valence-electron chi connectivity index (χ1n) is 6.27. The molecular weight excluding hydrogens is 202 g/mol. The number of nitrogens with zero attached hydrogens (tertiary/aromatic N) is 1. The molecular formula is C13H25NO2.